The Bertz CT molecular complexity index is 1320. The molecule has 0 radical (unpaired) electrons. The quantitative estimate of drug-likeness (QED) is 0.109. The van der Waals surface area contributed by atoms with Crippen LogP contribution in [0.15, 0.2) is 59.3 Å². The number of phenolic OH excluding ortho intramolecular Hbond substituents is 2. The molecular formula is C27H33O16+. The Labute approximate surface area is 243 Å². The second-order valence-corrected chi connectivity index (χ2v) is 10.4. The number of fused-ring (bicyclic) bond motifs is 1. The third-order valence-electron chi connectivity index (χ3n) is 7.45. The van der Waals surface area contributed by atoms with E-state index in [1.165, 1.54) is 30.4 Å². The van der Waals surface area contributed by atoms with E-state index in [4.69, 9.17) is 18.9 Å². The van der Waals surface area contributed by atoms with Gasteiger partial charge < -0.3 is 79.9 Å². The molecule has 3 heterocycles. The average Bonchev–Trinajstić information content (AvgIpc) is 2.97. The van der Waals surface area contributed by atoms with Crippen LogP contribution in [-0.2, 0) is 18.9 Å². The van der Waals surface area contributed by atoms with Crippen LogP contribution in [-0.4, -0.2) is 142 Å². The summed E-state index contributed by atoms with van der Waals surface area (Å²) in [5.41, 5.74) is 0.406. The lowest BCUT2D eigenvalue weighted by Gasteiger charge is -2.42. The van der Waals surface area contributed by atoms with Gasteiger partial charge in [0, 0.05) is 18.2 Å². The summed E-state index contributed by atoms with van der Waals surface area (Å²) in [6.07, 6.45) is -13.6. The number of hydrogen-bond acceptors (Lipinski definition) is 15. The SMILES string of the molecule is OCC1OC(OCC2OC(OC3=C(c4ccc(O)c(O)c4)[OH+]C4C=C(O)C=C(O)C4=C3)C(O)C(O)C2O)C(O)C(O)C1O. The highest BCUT2D eigenvalue weighted by Crippen LogP contribution is 2.38. The molecule has 2 saturated heterocycles. The van der Waals surface area contributed by atoms with E-state index in [2.05, 4.69) is 4.74 Å². The summed E-state index contributed by atoms with van der Waals surface area (Å²) in [4.78, 5) is 0. The van der Waals surface area contributed by atoms with Crippen molar-refractivity contribution in [3.8, 4) is 11.5 Å². The van der Waals surface area contributed by atoms with Gasteiger partial charge in [-0.1, -0.05) is 0 Å². The molecule has 0 saturated carbocycles. The van der Waals surface area contributed by atoms with Crippen molar-refractivity contribution in [1.29, 1.82) is 0 Å². The minimum atomic E-state index is -1.84. The molecule has 5 rings (SSSR count). The van der Waals surface area contributed by atoms with Crippen molar-refractivity contribution in [1.82, 2.24) is 0 Å². The number of aromatic hydroxyl groups is 2. The first-order valence-electron chi connectivity index (χ1n) is 13.2. The third kappa shape index (κ3) is 6.02. The molecule has 3 aliphatic heterocycles. The van der Waals surface area contributed by atoms with Gasteiger partial charge in [0.1, 0.15) is 60.4 Å². The van der Waals surface area contributed by atoms with Gasteiger partial charge in [0.15, 0.2) is 17.8 Å². The van der Waals surface area contributed by atoms with E-state index in [9.17, 15) is 56.2 Å². The molecule has 4 aliphatic rings. The lowest BCUT2D eigenvalue weighted by atomic mass is 9.96. The average molecular weight is 614 g/mol. The van der Waals surface area contributed by atoms with Crippen LogP contribution in [0.2, 0.25) is 0 Å². The maximum Gasteiger partial charge on any atom is 0.305 e. The zero-order valence-corrected chi connectivity index (χ0v) is 22.2. The molecule has 12 N–H and O–H groups in total. The molecule has 0 aromatic heterocycles. The largest absolute Gasteiger partial charge is 0.571 e. The number of rotatable bonds is 7. The lowest BCUT2D eigenvalue weighted by molar-refractivity contribution is -0.327. The molecule has 11 unspecified atom stereocenters. The summed E-state index contributed by atoms with van der Waals surface area (Å²) < 4.78 is 26.8. The second-order valence-electron chi connectivity index (χ2n) is 10.4. The van der Waals surface area contributed by atoms with Crippen molar-refractivity contribution in [2.45, 2.75) is 67.5 Å². The number of allylic oxidation sites excluding steroid dienone is 2. The van der Waals surface area contributed by atoms with Gasteiger partial charge in [-0.3, -0.25) is 0 Å². The Hall–Kier alpha value is -3.42. The van der Waals surface area contributed by atoms with Crippen LogP contribution in [0.5, 0.6) is 11.5 Å². The Kier molecular flexibility index (Phi) is 8.87. The molecule has 2 fully saturated rings. The number of ether oxygens (including phenoxy) is 5. The number of aliphatic hydroxyl groups excluding tert-OH is 9. The van der Waals surface area contributed by atoms with E-state index < -0.39 is 92.2 Å². The van der Waals surface area contributed by atoms with Crippen molar-refractivity contribution < 1.29 is 79.9 Å². The van der Waals surface area contributed by atoms with Gasteiger partial charge in [-0.2, -0.15) is 0 Å². The van der Waals surface area contributed by atoms with E-state index in [1.54, 1.807) is 0 Å². The summed E-state index contributed by atoms with van der Waals surface area (Å²) in [7, 11) is 0. The molecule has 0 amide bonds. The molecule has 1 aromatic carbocycles. The second kappa shape index (κ2) is 12.3. The summed E-state index contributed by atoms with van der Waals surface area (Å²) in [5, 5.41) is 112. The molecule has 1 aliphatic carbocycles. The molecule has 11 atom stereocenters. The molecule has 0 bridgehead atoms. The first kappa shape index (κ1) is 31.0. The summed E-state index contributed by atoms with van der Waals surface area (Å²) in [6, 6.07) is 3.76. The first-order valence-corrected chi connectivity index (χ1v) is 13.2. The molecule has 236 valence electrons. The Morgan fingerprint density at radius 1 is 0.744 bits per heavy atom. The zero-order valence-electron chi connectivity index (χ0n) is 22.2. The lowest BCUT2D eigenvalue weighted by Crippen LogP contribution is -2.61. The normalized spacial score (nSPS) is 37.9. The fourth-order valence-electron chi connectivity index (χ4n) is 5.00. The van der Waals surface area contributed by atoms with Gasteiger partial charge in [0.05, 0.1) is 30.4 Å². The smallest absolute Gasteiger partial charge is 0.305 e. The summed E-state index contributed by atoms with van der Waals surface area (Å²) >= 11 is 0. The maximum absolute atomic E-state index is 10.7. The van der Waals surface area contributed by atoms with Gasteiger partial charge in [-0.05, 0) is 12.1 Å². The van der Waals surface area contributed by atoms with Crippen molar-refractivity contribution in [3.05, 3.63) is 64.8 Å². The number of benzene rings is 1. The third-order valence-corrected chi connectivity index (χ3v) is 7.45. The zero-order chi connectivity index (χ0) is 31.2. The van der Waals surface area contributed by atoms with Crippen molar-refractivity contribution in [2.75, 3.05) is 13.2 Å². The minimum Gasteiger partial charge on any atom is -0.571 e. The van der Waals surface area contributed by atoms with Crippen LogP contribution in [0.3, 0.4) is 0 Å². The van der Waals surface area contributed by atoms with Crippen molar-refractivity contribution >= 4 is 5.76 Å². The van der Waals surface area contributed by atoms with E-state index in [0.29, 0.717) is 0 Å². The molecular weight excluding hydrogens is 580 g/mol. The van der Waals surface area contributed by atoms with E-state index >= 15 is 0 Å². The number of hydrogen-bond donors (Lipinski definition) is 11. The molecule has 16 heteroatoms. The van der Waals surface area contributed by atoms with Crippen LogP contribution >= 0.6 is 0 Å². The Balaban J connectivity index is 1.40. The number of phenols is 2. The van der Waals surface area contributed by atoms with E-state index in [0.717, 1.165) is 6.08 Å². The monoisotopic (exact) mass is 613 g/mol. The molecule has 0 spiro atoms. The fourth-order valence-corrected chi connectivity index (χ4v) is 5.00. The summed E-state index contributed by atoms with van der Waals surface area (Å²) in [5.74, 6) is -1.60. The predicted octanol–water partition coefficient (Wildman–Crippen LogP) is -2.86. The first-order chi connectivity index (χ1) is 20.4. The number of aliphatic hydroxyl groups is 11. The standard InChI is InChI=1S/C27H32O16/c28-7-17-19(33)21(35)23(37)26(42-17)39-8-18-20(34)22(36)24(38)27(43-18)41-16-6-11-13(31)4-10(29)5-15(11)40-25(16)9-1-2-12(30)14(32)3-9/h1-6,15,17-24,26-38H,7-8H2/p+1. The highest BCUT2D eigenvalue weighted by atomic mass is 16.7. The Morgan fingerprint density at radius 3 is 2.07 bits per heavy atom. The highest BCUT2D eigenvalue weighted by Gasteiger charge is 2.48. The molecule has 1 aromatic rings. The van der Waals surface area contributed by atoms with Gasteiger partial charge in [-0.25, -0.2) is 0 Å². The molecule has 16 nitrogen and oxygen atoms in total. The summed E-state index contributed by atoms with van der Waals surface area (Å²) in [6.45, 7) is -1.29. The van der Waals surface area contributed by atoms with Gasteiger partial charge >= 0.3 is 5.76 Å². The van der Waals surface area contributed by atoms with Gasteiger partial charge in [0.2, 0.25) is 18.2 Å². The van der Waals surface area contributed by atoms with Gasteiger partial charge in [0.25, 0.3) is 0 Å². The van der Waals surface area contributed by atoms with Crippen LogP contribution in [0.1, 0.15) is 5.56 Å². The fraction of sp³-hybridized carbons (Fsp3) is 0.481. The van der Waals surface area contributed by atoms with E-state index in [-0.39, 0.29) is 34.2 Å². The topological polar surface area (TPSA) is 272 Å². The van der Waals surface area contributed by atoms with Crippen LogP contribution in [0.25, 0.3) is 5.76 Å². The van der Waals surface area contributed by atoms with Crippen LogP contribution in [0.4, 0.5) is 0 Å². The Morgan fingerprint density at radius 2 is 1.40 bits per heavy atom. The van der Waals surface area contributed by atoms with E-state index in [1.807, 2.05) is 0 Å². The molecule has 43 heavy (non-hydrogen) atoms. The van der Waals surface area contributed by atoms with Crippen LogP contribution < -0.4 is 0 Å². The minimum absolute atomic E-state index is 0.0355. The van der Waals surface area contributed by atoms with Crippen LogP contribution in [0, 0.1) is 0 Å². The predicted molar refractivity (Wildman–Crippen MR) is 140 cm³/mol. The van der Waals surface area contributed by atoms with Crippen molar-refractivity contribution in [2.24, 2.45) is 0 Å². The maximum atomic E-state index is 10.7. The van der Waals surface area contributed by atoms with Crippen molar-refractivity contribution in [3.63, 3.8) is 0 Å². The highest BCUT2D eigenvalue weighted by molar-refractivity contribution is 5.69. The van der Waals surface area contributed by atoms with Gasteiger partial charge in [-0.15, -0.1) is 0 Å².